The van der Waals surface area contributed by atoms with E-state index in [1.165, 1.54) is 11.1 Å². The summed E-state index contributed by atoms with van der Waals surface area (Å²) in [5.41, 5.74) is 12.0. The number of piperazine rings is 1. The third-order valence-electron chi connectivity index (χ3n) is 3.61. The van der Waals surface area contributed by atoms with Gasteiger partial charge in [0.1, 0.15) is 0 Å². The second kappa shape index (κ2) is 6.81. The zero-order valence-electron chi connectivity index (χ0n) is 11.7. The molecule has 0 radical (unpaired) electrons. The van der Waals surface area contributed by atoms with Crippen LogP contribution in [0.25, 0.3) is 0 Å². The molecule has 1 saturated heterocycles. The molecule has 0 amide bonds. The highest BCUT2D eigenvalue weighted by Crippen LogP contribution is 2.24. The van der Waals surface area contributed by atoms with Crippen molar-refractivity contribution in [2.45, 2.75) is 13.0 Å². The second-order valence-electron chi connectivity index (χ2n) is 5.23. The summed E-state index contributed by atoms with van der Waals surface area (Å²) in [4.78, 5) is 2.34. The van der Waals surface area contributed by atoms with E-state index in [0.717, 1.165) is 30.7 Å². The lowest BCUT2D eigenvalue weighted by Crippen LogP contribution is -2.52. The smallest absolute Gasteiger partial charge is 0.0598 e. The van der Waals surface area contributed by atoms with Gasteiger partial charge in [0.15, 0.2) is 0 Å². The summed E-state index contributed by atoms with van der Waals surface area (Å²) in [5.74, 6) is 0. The van der Waals surface area contributed by atoms with Crippen molar-refractivity contribution >= 4 is 15.9 Å². The molecule has 1 atom stereocenters. The summed E-state index contributed by atoms with van der Waals surface area (Å²) in [6.07, 6.45) is 0. The van der Waals surface area contributed by atoms with Gasteiger partial charge in [-0.3, -0.25) is 0 Å². The molecule has 0 saturated carbocycles. The molecule has 0 aliphatic carbocycles. The molecule has 1 fully saturated rings. The summed E-state index contributed by atoms with van der Waals surface area (Å²) >= 11 is 3.64. The lowest BCUT2D eigenvalue weighted by atomic mass is 10.1. The van der Waals surface area contributed by atoms with Crippen LogP contribution < -0.4 is 11.2 Å². The fourth-order valence-electron chi connectivity index (χ4n) is 2.32. The van der Waals surface area contributed by atoms with Crippen molar-refractivity contribution in [3.05, 3.63) is 33.8 Å². The number of rotatable bonds is 4. The Morgan fingerprint density at radius 1 is 1.32 bits per heavy atom. The highest BCUT2D eigenvalue weighted by Gasteiger charge is 2.19. The SMILES string of the molecule is Cc1ccc(C(CN)NN2CCN(C)CC2)c(Br)c1. The summed E-state index contributed by atoms with van der Waals surface area (Å²) in [5, 5.41) is 2.28. The number of nitrogens with zero attached hydrogens (tertiary/aromatic N) is 2. The Balaban J connectivity index is 2.03. The Labute approximate surface area is 124 Å². The lowest BCUT2D eigenvalue weighted by molar-refractivity contribution is 0.0879. The van der Waals surface area contributed by atoms with Gasteiger partial charge in [0.2, 0.25) is 0 Å². The maximum Gasteiger partial charge on any atom is 0.0598 e. The number of nitrogens with two attached hydrogens (primary N) is 1. The normalized spacial score (nSPS) is 19.6. The van der Waals surface area contributed by atoms with Crippen LogP contribution in [0.1, 0.15) is 17.2 Å². The van der Waals surface area contributed by atoms with Crippen molar-refractivity contribution in [2.24, 2.45) is 5.73 Å². The average molecular weight is 327 g/mol. The van der Waals surface area contributed by atoms with E-state index in [4.69, 9.17) is 5.73 Å². The van der Waals surface area contributed by atoms with Crippen LogP contribution >= 0.6 is 15.9 Å². The molecule has 2 rings (SSSR count). The van der Waals surface area contributed by atoms with Crippen LogP contribution in [0.3, 0.4) is 0 Å². The van der Waals surface area contributed by atoms with Gasteiger partial charge in [-0.25, -0.2) is 10.4 Å². The molecular formula is C14H23BrN4. The maximum atomic E-state index is 5.94. The van der Waals surface area contributed by atoms with E-state index in [9.17, 15) is 0 Å². The highest BCUT2D eigenvalue weighted by atomic mass is 79.9. The number of hydrogen-bond donors (Lipinski definition) is 2. The minimum Gasteiger partial charge on any atom is -0.329 e. The standard InChI is InChI=1S/C14H23BrN4/c1-11-3-4-12(13(15)9-11)14(10-16)17-19-7-5-18(2)6-8-19/h3-4,9,14,17H,5-8,10,16H2,1-2H3. The van der Waals surface area contributed by atoms with Crippen molar-refractivity contribution in [2.75, 3.05) is 39.8 Å². The largest absolute Gasteiger partial charge is 0.329 e. The highest BCUT2D eigenvalue weighted by molar-refractivity contribution is 9.10. The molecule has 1 aliphatic rings. The van der Waals surface area contributed by atoms with E-state index in [-0.39, 0.29) is 6.04 Å². The van der Waals surface area contributed by atoms with Crippen molar-refractivity contribution in [3.63, 3.8) is 0 Å². The van der Waals surface area contributed by atoms with Crippen molar-refractivity contribution in [1.29, 1.82) is 0 Å². The summed E-state index contributed by atoms with van der Waals surface area (Å²) in [7, 11) is 2.16. The average Bonchev–Trinajstić information content (AvgIpc) is 2.39. The third-order valence-corrected chi connectivity index (χ3v) is 4.30. The van der Waals surface area contributed by atoms with Gasteiger partial charge in [-0.05, 0) is 31.2 Å². The van der Waals surface area contributed by atoms with Crippen LogP contribution in [-0.2, 0) is 0 Å². The van der Waals surface area contributed by atoms with Gasteiger partial charge in [-0.2, -0.15) is 0 Å². The van der Waals surface area contributed by atoms with Crippen molar-refractivity contribution in [3.8, 4) is 0 Å². The summed E-state index contributed by atoms with van der Waals surface area (Å²) < 4.78 is 1.13. The maximum absolute atomic E-state index is 5.94. The fraction of sp³-hybridized carbons (Fsp3) is 0.571. The van der Waals surface area contributed by atoms with Gasteiger partial charge in [0, 0.05) is 37.2 Å². The Morgan fingerprint density at radius 2 is 2.00 bits per heavy atom. The number of halogens is 1. The third kappa shape index (κ3) is 4.00. The first kappa shape index (κ1) is 14.9. The van der Waals surface area contributed by atoms with Gasteiger partial charge in [-0.1, -0.05) is 28.1 Å². The van der Waals surface area contributed by atoms with Crippen LogP contribution in [0, 0.1) is 6.92 Å². The minimum atomic E-state index is 0.165. The molecule has 106 valence electrons. The van der Waals surface area contributed by atoms with E-state index < -0.39 is 0 Å². The molecular weight excluding hydrogens is 304 g/mol. The van der Waals surface area contributed by atoms with Crippen LogP contribution in [0.4, 0.5) is 0 Å². The molecule has 1 heterocycles. The molecule has 19 heavy (non-hydrogen) atoms. The van der Waals surface area contributed by atoms with Crippen molar-refractivity contribution < 1.29 is 0 Å². The molecule has 0 aromatic heterocycles. The van der Waals surface area contributed by atoms with Crippen LogP contribution in [0.5, 0.6) is 0 Å². The number of nitrogens with one attached hydrogen (secondary N) is 1. The Morgan fingerprint density at radius 3 is 2.58 bits per heavy atom. The van der Waals surface area contributed by atoms with E-state index in [1.54, 1.807) is 0 Å². The molecule has 1 aromatic rings. The number of likely N-dealkylation sites (N-methyl/N-ethyl adjacent to an activating group) is 1. The van der Waals surface area contributed by atoms with Crippen LogP contribution in [0.15, 0.2) is 22.7 Å². The summed E-state index contributed by atoms with van der Waals surface area (Å²) in [6.45, 7) is 6.96. The predicted molar refractivity (Wildman–Crippen MR) is 82.9 cm³/mol. The molecule has 4 nitrogen and oxygen atoms in total. The number of hydrogen-bond acceptors (Lipinski definition) is 4. The topological polar surface area (TPSA) is 44.5 Å². The second-order valence-corrected chi connectivity index (χ2v) is 6.09. The van der Waals surface area contributed by atoms with E-state index in [0.29, 0.717) is 6.54 Å². The Hall–Kier alpha value is -0.460. The zero-order valence-corrected chi connectivity index (χ0v) is 13.3. The molecule has 5 heteroatoms. The molecule has 3 N–H and O–H groups in total. The molecule has 1 aromatic carbocycles. The monoisotopic (exact) mass is 326 g/mol. The number of benzene rings is 1. The Bertz CT molecular complexity index is 416. The van der Waals surface area contributed by atoms with E-state index >= 15 is 0 Å². The molecule has 1 aliphatic heterocycles. The van der Waals surface area contributed by atoms with Gasteiger partial charge in [-0.15, -0.1) is 0 Å². The Kier molecular flexibility index (Phi) is 5.36. The van der Waals surface area contributed by atoms with E-state index in [2.05, 4.69) is 63.4 Å². The summed E-state index contributed by atoms with van der Waals surface area (Å²) in [6, 6.07) is 6.59. The predicted octanol–water partition coefficient (Wildman–Crippen LogP) is 1.51. The molecule has 0 spiro atoms. The van der Waals surface area contributed by atoms with Crippen LogP contribution in [-0.4, -0.2) is 49.7 Å². The first-order valence-electron chi connectivity index (χ1n) is 6.76. The zero-order chi connectivity index (χ0) is 13.8. The number of aryl methyl sites for hydroxylation is 1. The minimum absolute atomic E-state index is 0.165. The fourth-order valence-corrected chi connectivity index (χ4v) is 3.09. The van der Waals surface area contributed by atoms with Gasteiger partial charge < -0.3 is 10.6 Å². The van der Waals surface area contributed by atoms with Gasteiger partial charge in [0.05, 0.1) is 6.04 Å². The first-order valence-corrected chi connectivity index (χ1v) is 7.55. The van der Waals surface area contributed by atoms with Gasteiger partial charge >= 0.3 is 0 Å². The van der Waals surface area contributed by atoms with E-state index in [1.807, 2.05) is 0 Å². The number of hydrazine groups is 1. The molecule has 0 bridgehead atoms. The lowest BCUT2D eigenvalue weighted by Gasteiger charge is -2.35. The van der Waals surface area contributed by atoms with Crippen LogP contribution in [0.2, 0.25) is 0 Å². The van der Waals surface area contributed by atoms with Gasteiger partial charge in [0.25, 0.3) is 0 Å². The quantitative estimate of drug-likeness (QED) is 0.880. The van der Waals surface area contributed by atoms with Crippen molar-refractivity contribution in [1.82, 2.24) is 15.3 Å². The first-order chi connectivity index (χ1) is 9.10. The molecule has 1 unspecified atom stereocenters.